The molecule has 0 N–H and O–H groups in total. The van der Waals surface area contributed by atoms with Crippen LogP contribution in [0.15, 0.2) is 30.3 Å². The highest BCUT2D eigenvalue weighted by Crippen LogP contribution is 2.42. The second-order valence-electron chi connectivity index (χ2n) is 6.89. The van der Waals surface area contributed by atoms with Crippen molar-refractivity contribution in [2.24, 2.45) is 5.92 Å². The van der Waals surface area contributed by atoms with Gasteiger partial charge in [-0.1, -0.05) is 63.9 Å². The summed E-state index contributed by atoms with van der Waals surface area (Å²) in [7, 11) is 0. The lowest BCUT2D eigenvalue weighted by molar-refractivity contribution is -0.155. The molecule has 0 saturated carbocycles. The zero-order valence-corrected chi connectivity index (χ0v) is 16.3. The SMILES string of the molecule is CCCCCC(=O)N1[C@@H](C(=O)OCC(C)C)CS[C@@H]1c1ccccc1. The lowest BCUT2D eigenvalue weighted by atomic mass is 10.1. The van der Waals surface area contributed by atoms with Crippen LogP contribution in [0.3, 0.4) is 0 Å². The highest BCUT2D eigenvalue weighted by atomic mass is 32.2. The van der Waals surface area contributed by atoms with Crippen molar-refractivity contribution >= 4 is 23.6 Å². The van der Waals surface area contributed by atoms with Crippen LogP contribution in [0.1, 0.15) is 57.4 Å². The molecule has 138 valence electrons. The summed E-state index contributed by atoms with van der Waals surface area (Å²) >= 11 is 1.65. The van der Waals surface area contributed by atoms with E-state index in [0.29, 0.717) is 18.8 Å². The third kappa shape index (κ3) is 5.50. The lowest BCUT2D eigenvalue weighted by Crippen LogP contribution is -2.44. The molecule has 0 unspecified atom stereocenters. The Morgan fingerprint density at radius 3 is 2.60 bits per heavy atom. The van der Waals surface area contributed by atoms with Gasteiger partial charge in [0.05, 0.1) is 6.61 Å². The van der Waals surface area contributed by atoms with Gasteiger partial charge >= 0.3 is 5.97 Å². The van der Waals surface area contributed by atoms with Gasteiger partial charge in [0.1, 0.15) is 11.4 Å². The summed E-state index contributed by atoms with van der Waals surface area (Å²) in [5.74, 6) is 0.662. The van der Waals surface area contributed by atoms with Crippen LogP contribution in [0.5, 0.6) is 0 Å². The molecule has 0 aliphatic carbocycles. The van der Waals surface area contributed by atoms with E-state index >= 15 is 0 Å². The van der Waals surface area contributed by atoms with Gasteiger partial charge in [-0.2, -0.15) is 0 Å². The quantitative estimate of drug-likeness (QED) is 0.507. The molecule has 0 aromatic heterocycles. The lowest BCUT2D eigenvalue weighted by Gasteiger charge is -2.29. The fourth-order valence-electron chi connectivity index (χ4n) is 2.87. The monoisotopic (exact) mass is 363 g/mol. The first kappa shape index (κ1) is 19.8. The summed E-state index contributed by atoms with van der Waals surface area (Å²) < 4.78 is 5.43. The van der Waals surface area contributed by atoms with E-state index in [1.807, 2.05) is 44.2 Å². The number of hydrogen-bond donors (Lipinski definition) is 0. The molecule has 0 radical (unpaired) electrons. The third-order valence-electron chi connectivity index (χ3n) is 4.20. The highest BCUT2D eigenvalue weighted by molar-refractivity contribution is 7.99. The molecule has 1 aliphatic heterocycles. The van der Waals surface area contributed by atoms with Gasteiger partial charge in [-0.15, -0.1) is 11.8 Å². The van der Waals surface area contributed by atoms with Crippen molar-refractivity contribution in [3.63, 3.8) is 0 Å². The van der Waals surface area contributed by atoms with Crippen LogP contribution in [0.2, 0.25) is 0 Å². The van der Waals surface area contributed by atoms with E-state index in [9.17, 15) is 9.59 Å². The maximum atomic E-state index is 12.9. The second kappa shape index (κ2) is 9.85. The van der Waals surface area contributed by atoms with Gasteiger partial charge in [0, 0.05) is 12.2 Å². The molecule has 5 heteroatoms. The Bertz CT molecular complexity index is 561. The van der Waals surface area contributed by atoms with Gasteiger partial charge < -0.3 is 9.64 Å². The zero-order chi connectivity index (χ0) is 18.2. The Hall–Kier alpha value is -1.49. The normalized spacial score (nSPS) is 20.1. The van der Waals surface area contributed by atoms with Crippen molar-refractivity contribution in [3.05, 3.63) is 35.9 Å². The van der Waals surface area contributed by atoms with Gasteiger partial charge in [0.25, 0.3) is 0 Å². The summed E-state index contributed by atoms with van der Waals surface area (Å²) in [6.45, 7) is 6.54. The van der Waals surface area contributed by atoms with Crippen molar-refractivity contribution in [1.29, 1.82) is 0 Å². The third-order valence-corrected chi connectivity index (χ3v) is 5.52. The molecular formula is C20H29NO3S. The van der Waals surface area contributed by atoms with Crippen molar-refractivity contribution in [2.75, 3.05) is 12.4 Å². The maximum absolute atomic E-state index is 12.9. The van der Waals surface area contributed by atoms with Crippen molar-refractivity contribution in [1.82, 2.24) is 4.90 Å². The summed E-state index contributed by atoms with van der Waals surface area (Å²) in [5, 5.41) is -0.105. The Kier molecular flexibility index (Phi) is 7.82. The molecule has 2 atom stereocenters. The van der Waals surface area contributed by atoms with E-state index in [0.717, 1.165) is 24.8 Å². The molecule has 1 fully saturated rings. The van der Waals surface area contributed by atoms with Gasteiger partial charge in [0.2, 0.25) is 5.91 Å². The van der Waals surface area contributed by atoms with E-state index < -0.39 is 6.04 Å². The van der Waals surface area contributed by atoms with Crippen LogP contribution in [0.4, 0.5) is 0 Å². The molecule has 0 spiro atoms. The molecule has 1 amide bonds. The Balaban J connectivity index is 2.14. The van der Waals surface area contributed by atoms with E-state index in [4.69, 9.17) is 4.74 Å². The Morgan fingerprint density at radius 2 is 1.96 bits per heavy atom. The first-order chi connectivity index (χ1) is 12.0. The number of carbonyl (C=O) groups is 2. The van der Waals surface area contributed by atoms with Gasteiger partial charge in [-0.05, 0) is 17.9 Å². The van der Waals surface area contributed by atoms with Gasteiger partial charge in [0.15, 0.2) is 0 Å². The summed E-state index contributed by atoms with van der Waals surface area (Å²) in [6.07, 6.45) is 3.46. The Morgan fingerprint density at radius 1 is 1.24 bits per heavy atom. The number of rotatable bonds is 8. The molecule has 4 nitrogen and oxygen atoms in total. The van der Waals surface area contributed by atoms with Crippen LogP contribution in [0, 0.1) is 5.92 Å². The average Bonchev–Trinajstić information content (AvgIpc) is 3.05. The predicted molar refractivity (Wildman–Crippen MR) is 102 cm³/mol. The molecule has 1 aromatic carbocycles. The fraction of sp³-hybridized carbons (Fsp3) is 0.600. The van der Waals surface area contributed by atoms with Gasteiger partial charge in [-0.3, -0.25) is 4.79 Å². The minimum atomic E-state index is -0.483. The molecular weight excluding hydrogens is 334 g/mol. The minimum Gasteiger partial charge on any atom is -0.464 e. The summed E-state index contributed by atoms with van der Waals surface area (Å²) in [6, 6.07) is 9.46. The Labute approximate surface area is 155 Å². The highest BCUT2D eigenvalue weighted by Gasteiger charge is 2.42. The molecule has 1 aliphatic rings. The standard InChI is InChI=1S/C20H29NO3S/c1-4-5-7-12-18(22)21-17(20(23)24-13-15(2)3)14-25-19(21)16-10-8-6-9-11-16/h6,8-11,15,17,19H,4-5,7,12-14H2,1-3H3/t17-,19-/m1/s1. The average molecular weight is 364 g/mol. The van der Waals surface area contributed by atoms with E-state index in [-0.39, 0.29) is 23.2 Å². The van der Waals surface area contributed by atoms with Crippen molar-refractivity contribution < 1.29 is 14.3 Å². The summed E-state index contributed by atoms with van der Waals surface area (Å²) in [4.78, 5) is 27.2. The number of ether oxygens (including phenoxy) is 1. The number of unbranched alkanes of at least 4 members (excludes halogenated alkanes) is 2. The van der Waals surface area contributed by atoms with Crippen molar-refractivity contribution in [3.8, 4) is 0 Å². The van der Waals surface area contributed by atoms with Crippen LogP contribution in [-0.4, -0.2) is 35.2 Å². The van der Waals surface area contributed by atoms with Crippen LogP contribution in [0.25, 0.3) is 0 Å². The molecule has 2 rings (SSSR count). The van der Waals surface area contributed by atoms with Crippen molar-refractivity contribution in [2.45, 2.75) is 57.9 Å². The molecule has 1 aromatic rings. The van der Waals surface area contributed by atoms with Crippen LogP contribution in [-0.2, 0) is 14.3 Å². The number of carbonyl (C=O) groups excluding carboxylic acids is 2. The van der Waals surface area contributed by atoms with E-state index in [1.54, 1.807) is 16.7 Å². The van der Waals surface area contributed by atoms with Gasteiger partial charge in [-0.25, -0.2) is 4.79 Å². The predicted octanol–water partition coefficient (Wildman–Crippen LogP) is 4.41. The number of esters is 1. The summed E-state index contributed by atoms with van der Waals surface area (Å²) in [5.41, 5.74) is 1.07. The number of thioether (sulfide) groups is 1. The molecule has 25 heavy (non-hydrogen) atoms. The number of hydrogen-bond acceptors (Lipinski definition) is 4. The fourth-order valence-corrected chi connectivity index (χ4v) is 4.30. The first-order valence-electron chi connectivity index (χ1n) is 9.19. The largest absolute Gasteiger partial charge is 0.464 e. The molecule has 1 heterocycles. The molecule has 0 bridgehead atoms. The zero-order valence-electron chi connectivity index (χ0n) is 15.4. The van der Waals surface area contributed by atoms with Crippen LogP contribution >= 0.6 is 11.8 Å². The topological polar surface area (TPSA) is 46.6 Å². The minimum absolute atomic E-state index is 0.0544. The number of nitrogens with zero attached hydrogens (tertiary/aromatic N) is 1. The maximum Gasteiger partial charge on any atom is 0.329 e. The smallest absolute Gasteiger partial charge is 0.329 e. The number of benzene rings is 1. The van der Waals surface area contributed by atoms with E-state index in [1.165, 1.54) is 0 Å². The van der Waals surface area contributed by atoms with E-state index in [2.05, 4.69) is 6.92 Å². The van der Waals surface area contributed by atoms with Crippen LogP contribution < -0.4 is 0 Å². The second-order valence-corrected chi connectivity index (χ2v) is 8.01. The molecule has 1 saturated heterocycles. The number of amides is 1. The first-order valence-corrected chi connectivity index (χ1v) is 10.2.